The minimum atomic E-state index is -4.92. The van der Waals surface area contributed by atoms with Crippen LogP contribution in [0.4, 0.5) is 13.2 Å². The zero-order valence-electron chi connectivity index (χ0n) is 7.94. The molecule has 14 heavy (non-hydrogen) atoms. The number of hydrogen-bond donors (Lipinski definition) is 1. The first-order valence-corrected chi connectivity index (χ1v) is 4.27. The number of alkyl halides is 3. The van der Waals surface area contributed by atoms with Gasteiger partial charge >= 0.3 is 12.1 Å². The van der Waals surface area contributed by atoms with Gasteiger partial charge in [0.2, 0.25) is 0 Å². The predicted octanol–water partition coefficient (Wildman–Crippen LogP) is 1.23. The molecule has 0 aliphatic carbocycles. The fourth-order valence-corrected chi connectivity index (χ4v) is 1.25. The van der Waals surface area contributed by atoms with Crippen LogP contribution in [0.1, 0.15) is 20.3 Å². The van der Waals surface area contributed by atoms with E-state index < -0.39 is 17.7 Å². The number of halogens is 3. The van der Waals surface area contributed by atoms with Crippen LogP contribution in [-0.4, -0.2) is 30.3 Å². The van der Waals surface area contributed by atoms with Crippen LogP contribution in [0.15, 0.2) is 0 Å². The number of carbonyl (C=O) groups is 1. The van der Waals surface area contributed by atoms with Crippen LogP contribution < -0.4 is 5.32 Å². The molecular weight excluding hydrogens is 199 g/mol. The maximum atomic E-state index is 11.9. The second-order valence-electron chi connectivity index (χ2n) is 3.79. The molecule has 0 radical (unpaired) electrons. The number of ether oxygens (including phenoxy) is 1. The van der Waals surface area contributed by atoms with Crippen molar-refractivity contribution >= 4 is 5.97 Å². The topological polar surface area (TPSA) is 38.3 Å². The third kappa shape index (κ3) is 2.37. The van der Waals surface area contributed by atoms with Crippen molar-refractivity contribution < 1.29 is 22.7 Å². The summed E-state index contributed by atoms with van der Waals surface area (Å²) >= 11 is 0. The Morgan fingerprint density at radius 2 is 1.93 bits per heavy atom. The highest BCUT2D eigenvalue weighted by Gasteiger charge is 2.46. The van der Waals surface area contributed by atoms with Crippen molar-refractivity contribution in [1.82, 2.24) is 5.32 Å². The van der Waals surface area contributed by atoms with Crippen molar-refractivity contribution in [2.45, 2.75) is 38.1 Å². The Hall–Kier alpha value is -0.780. The quantitative estimate of drug-likeness (QED) is 0.698. The van der Waals surface area contributed by atoms with Gasteiger partial charge in [-0.3, -0.25) is 0 Å². The molecule has 0 aromatic heterocycles. The van der Waals surface area contributed by atoms with E-state index >= 15 is 0 Å². The van der Waals surface area contributed by atoms with Crippen LogP contribution in [0.5, 0.6) is 0 Å². The number of nitrogens with one attached hydrogen (secondary N) is 1. The molecule has 1 N–H and O–H groups in total. The zero-order chi connectivity index (χ0) is 11.0. The van der Waals surface area contributed by atoms with Crippen LogP contribution >= 0.6 is 0 Å². The summed E-state index contributed by atoms with van der Waals surface area (Å²) in [6.07, 6.45) is -4.20. The lowest BCUT2D eigenvalue weighted by molar-refractivity contribution is -0.215. The van der Waals surface area contributed by atoms with Gasteiger partial charge in [0.05, 0.1) is 0 Å². The van der Waals surface area contributed by atoms with Crippen molar-refractivity contribution in [2.24, 2.45) is 0 Å². The highest BCUT2D eigenvalue weighted by molar-refractivity contribution is 5.76. The molecule has 0 unspecified atom stereocenters. The van der Waals surface area contributed by atoms with E-state index in [-0.39, 0.29) is 6.04 Å². The molecule has 1 aliphatic rings. The number of rotatable bonds is 2. The molecule has 1 saturated heterocycles. The Morgan fingerprint density at radius 1 is 1.43 bits per heavy atom. The molecule has 82 valence electrons. The first kappa shape index (κ1) is 11.3. The zero-order valence-corrected chi connectivity index (χ0v) is 7.94. The van der Waals surface area contributed by atoms with E-state index in [9.17, 15) is 18.0 Å². The first-order valence-electron chi connectivity index (χ1n) is 4.27. The van der Waals surface area contributed by atoms with Gasteiger partial charge in [-0.05, 0) is 26.8 Å². The van der Waals surface area contributed by atoms with Crippen molar-refractivity contribution in [3.05, 3.63) is 0 Å². The van der Waals surface area contributed by atoms with E-state index in [2.05, 4.69) is 10.1 Å². The lowest BCUT2D eigenvalue weighted by Crippen LogP contribution is -2.58. The summed E-state index contributed by atoms with van der Waals surface area (Å²) in [5.74, 6) is -2.13. The van der Waals surface area contributed by atoms with Crippen LogP contribution in [0.3, 0.4) is 0 Å². The molecule has 0 aromatic rings. The van der Waals surface area contributed by atoms with Gasteiger partial charge in [-0.25, -0.2) is 4.79 Å². The number of carbonyl (C=O) groups excluding carboxylic acids is 1. The summed E-state index contributed by atoms with van der Waals surface area (Å²) in [5, 5.41) is 2.90. The largest absolute Gasteiger partial charge is 0.490 e. The summed E-state index contributed by atoms with van der Waals surface area (Å²) in [7, 11) is 0. The van der Waals surface area contributed by atoms with Crippen molar-refractivity contribution in [1.29, 1.82) is 0 Å². The molecule has 1 fully saturated rings. The highest BCUT2D eigenvalue weighted by atomic mass is 19.4. The second-order valence-corrected chi connectivity index (χ2v) is 3.79. The molecule has 3 nitrogen and oxygen atoms in total. The minimum absolute atomic E-state index is 0.186. The van der Waals surface area contributed by atoms with Gasteiger partial charge in [0, 0.05) is 6.04 Å². The van der Waals surface area contributed by atoms with E-state index in [1.807, 2.05) is 0 Å². The fourth-order valence-electron chi connectivity index (χ4n) is 1.25. The Morgan fingerprint density at radius 3 is 2.21 bits per heavy atom. The summed E-state index contributed by atoms with van der Waals surface area (Å²) < 4.78 is 40.0. The summed E-state index contributed by atoms with van der Waals surface area (Å²) in [4.78, 5) is 10.5. The van der Waals surface area contributed by atoms with E-state index in [1.165, 1.54) is 13.8 Å². The van der Waals surface area contributed by atoms with Crippen molar-refractivity contribution in [3.63, 3.8) is 0 Å². The van der Waals surface area contributed by atoms with Gasteiger partial charge in [0.15, 0.2) is 0 Å². The van der Waals surface area contributed by atoms with Gasteiger partial charge in [0.1, 0.15) is 5.60 Å². The molecule has 1 rings (SSSR count). The average Bonchev–Trinajstić information content (AvgIpc) is 1.76. The van der Waals surface area contributed by atoms with Gasteiger partial charge in [0.25, 0.3) is 0 Å². The van der Waals surface area contributed by atoms with Gasteiger partial charge in [-0.2, -0.15) is 13.2 Å². The number of hydrogen-bond acceptors (Lipinski definition) is 3. The number of esters is 1. The first-order chi connectivity index (χ1) is 6.23. The molecule has 0 spiro atoms. The minimum Gasteiger partial charge on any atom is -0.451 e. The Bertz CT molecular complexity index is 233. The molecule has 0 saturated carbocycles. The van der Waals surface area contributed by atoms with Gasteiger partial charge < -0.3 is 10.1 Å². The van der Waals surface area contributed by atoms with Crippen LogP contribution in [-0.2, 0) is 9.53 Å². The molecular formula is C8H12F3NO2. The molecule has 1 atom stereocenters. The maximum Gasteiger partial charge on any atom is 0.490 e. The molecule has 1 heterocycles. The monoisotopic (exact) mass is 211 g/mol. The van der Waals surface area contributed by atoms with Crippen LogP contribution in [0.2, 0.25) is 0 Å². The Kier molecular flexibility index (Phi) is 2.76. The maximum absolute atomic E-state index is 11.9. The van der Waals surface area contributed by atoms with E-state index in [1.54, 1.807) is 0 Å². The van der Waals surface area contributed by atoms with E-state index in [0.717, 1.165) is 13.0 Å². The average molecular weight is 211 g/mol. The summed E-state index contributed by atoms with van der Waals surface area (Å²) in [6, 6.07) is -0.186. The molecule has 0 aromatic carbocycles. The lowest BCUT2D eigenvalue weighted by atomic mass is 9.90. The van der Waals surface area contributed by atoms with E-state index in [0.29, 0.717) is 0 Å². The molecule has 1 aliphatic heterocycles. The SMILES string of the molecule is CC(C)(OC(=O)C(F)(F)F)[C@@H]1CCN1. The molecule has 0 amide bonds. The summed E-state index contributed by atoms with van der Waals surface area (Å²) in [6.45, 7) is 3.68. The summed E-state index contributed by atoms with van der Waals surface area (Å²) in [5.41, 5.74) is -1.11. The second kappa shape index (κ2) is 3.42. The van der Waals surface area contributed by atoms with Crippen molar-refractivity contribution in [3.8, 4) is 0 Å². The lowest BCUT2D eigenvalue weighted by Gasteiger charge is -2.40. The van der Waals surface area contributed by atoms with Crippen molar-refractivity contribution in [2.75, 3.05) is 6.54 Å². The smallest absolute Gasteiger partial charge is 0.451 e. The molecule has 0 bridgehead atoms. The van der Waals surface area contributed by atoms with Gasteiger partial charge in [-0.1, -0.05) is 0 Å². The van der Waals surface area contributed by atoms with Gasteiger partial charge in [-0.15, -0.1) is 0 Å². The standard InChI is InChI=1S/C8H12F3NO2/c1-7(2,5-3-4-12-5)14-6(13)8(9,10)11/h5,12H,3-4H2,1-2H3/t5-/m0/s1. The highest BCUT2D eigenvalue weighted by Crippen LogP contribution is 2.26. The Balaban J connectivity index is 2.54. The third-order valence-electron chi connectivity index (χ3n) is 2.25. The third-order valence-corrected chi connectivity index (χ3v) is 2.25. The fraction of sp³-hybridized carbons (Fsp3) is 0.875. The normalized spacial score (nSPS) is 22.8. The van der Waals surface area contributed by atoms with E-state index in [4.69, 9.17) is 0 Å². The Labute approximate surface area is 79.6 Å². The van der Waals surface area contributed by atoms with Crippen LogP contribution in [0, 0.1) is 0 Å². The van der Waals surface area contributed by atoms with Crippen LogP contribution in [0.25, 0.3) is 0 Å². The molecule has 6 heteroatoms. The predicted molar refractivity (Wildman–Crippen MR) is 42.6 cm³/mol.